The zero-order valence-electron chi connectivity index (χ0n) is 22.4. The van der Waals surface area contributed by atoms with Crippen LogP contribution in [0, 0.1) is 5.41 Å². The van der Waals surface area contributed by atoms with E-state index in [-0.39, 0.29) is 31.2 Å². The highest BCUT2D eigenvalue weighted by molar-refractivity contribution is 7.90. The number of nitrogens with one attached hydrogen (secondary N) is 1. The van der Waals surface area contributed by atoms with Crippen molar-refractivity contribution in [2.45, 2.75) is 76.6 Å². The summed E-state index contributed by atoms with van der Waals surface area (Å²) in [6.07, 6.45) is 0.386. The molecule has 2 N–H and O–H groups in total. The Kier molecular flexibility index (Phi) is 9.24. The molecule has 1 saturated heterocycles. The van der Waals surface area contributed by atoms with Crippen LogP contribution in [0.4, 0.5) is 0 Å². The minimum atomic E-state index is -3.68. The van der Waals surface area contributed by atoms with Crippen molar-refractivity contribution < 1.29 is 23.1 Å². The number of benzene rings is 2. The largest absolute Gasteiger partial charge is 0.481 e. The number of hydrogen-bond acceptors (Lipinski definition) is 4. The molecule has 0 saturated carbocycles. The third-order valence-corrected chi connectivity index (χ3v) is 9.96. The minimum Gasteiger partial charge on any atom is -0.481 e. The van der Waals surface area contributed by atoms with Gasteiger partial charge in [-0.25, -0.2) is 13.1 Å². The van der Waals surface area contributed by atoms with Crippen LogP contribution >= 0.6 is 23.2 Å². The number of hydrogen-bond donors (Lipinski definition) is 2. The van der Waals surface area contributed by atoms with Crippen molar-refractivity contribution in [1.82, 2.24) is 9.62 Å². The van der Waals surface area contributed by atoms with Gasteiger partial charge < -0.3 is 10.0 Å². The fourth-order valence-corrected chi connectivity index (χ4v) is 6.31. The molecule has 4 atom stereocenters. The number of carboxylic acids is 1. The van der Waals surface area contributed by atoms with Gasteiger partial charge >= 0.3 is 5.97 Å². The van der Waals surface area contributed by atoms with Crippen molar-refractivity contribution in [2.24, 2.45) is 5.41 Å². The SMILES string of the molecule is CCC(CNS(=O)(=O)C(C)(C)C)N1C(=O)[C@@](C)(CC(=O)O)CC(c2cccc(Cl)c2)[C@H]1c1ccc(Cl)cc1. The molecule has 0 aromatic heterocycles. The van der Waals surface area contributed by atoms with E-state index in [1.165, 1.54) is 0 Å². The molecule has 2 unspecified atom stereocenters. The third-order valence-electron chi connectivity index (χ3n) is 7.31. The molecule has 1 amide bonds. The van der Waals surface area contributed by atoms with Crippen molar-refractivity contribution >= 4 is 45.1 Å². The number of rotatable bonds is 9. The van der Waals surface area contributed by atoms with Crippen LogP contribution in [0.25, 0.3) is 0 Å². The number of likely N-dealkylation sites (tertiary alicyclic amines) is 1. The van der Waals surface area contributed by atoms with E-state index in [2.05, 4.69) is 4.72 Å². The number of carbonyl (C=O) groups excluding carboxylic acids is 1. The maximum atomic E-state index is 14.2. The molecule has 3 rings (SSSR count). The monoisotopic (exact) mass is 582 g/mol. The van der Waals surface area contributed by atoms with Crippen LogP contribution in [0.2, 0.25) is 10.0 Å². The summed E-state index contributed by atoms with van der Waals surface area (Å²) in [5.74, 6) is -1.69. The second kappa shape index (κ2) is 11.5. The van der Waals surface area contributed by atoms with Crippen molar-refractivity contribution in [1.29, 1.82) is 0 Å². The predicted octanol–water partition coefficient (Wildman–Crippen LogP) is 6.03. The first-order valence-electron chi connectivity index (χ1n) is 12.6. The summed E-state index contributed by atoms with van der Waals surface area (Å²) in [4.78, 5) is 27.9. The van der Waals surface area contributed by atoms with E-state index in [1.807, 2.05) is 37.3 Å². The second-order valence-corrected chi connectivity index (χ2v) is 14.6. The number of halogens is 2. The van der Waals surface area contributed by atoms with Gasteiger partial charge in [0.1, 0.15) is 0 Å². The predicted molar refractivity (Wildman–Crippen MR) is 151 cm³/mol. The third kappa shape index (κ3) is 6.53. The highest BCUT2D eigenvalue weighted by Crippen LogP contribution is 2.52. The van der Waals surface area contributed by atoms with Gasteiger partial charge in [-0.05, 0) is 69.0 Å². The molecule has 2 aromatic rings. The lowest BCUT2D eigenvalue weighted by atomic mass is 9.67. The molecule has 0 bridgehead atoms. The lowest BCUT2D eigenvalue weighted by Gasteiger charge is -2.52. The zero-order valence-corrected chi connectivity index (χ0v) is 24.7. The molecule has 1 heterocycles. The molecule has 2 aromatic carbocycles. The average molecular weight is 584 g/mol. The summed E-state index contributed by atoms with van der Waals surface area (Å²) in [6.45, 7) is 8.39. The highest BCUT2D eigenvalue weighted by atomic mass is 35.5. The summed E-state index contributed by atoms with van der Waals surface area (Å²) >= 11 is 12.5. The van der Waals surface area contributed by atoms with Gasteiger partial charge in [-0.3, -0.25) is 9.59 Å². The van der Waals surface area contributed by atoms with Crippen molar-refractivity contribution in [3.05, 3.63) is 69.7 Å². The Labute approximate surface area is 235 Å². The van der Waals surface area contributed by atoms with Gasteiger partial charge in [0.2, 0.25) is 15.9 Å². The molecule has 7 nitrogen and oxygen atoms in total. The smallest absolute Gasteiger partial charge is 0.304 e. The van der Waals surface area contributed by atoms with E-state index in [0.717, 1.165) is 11.1 Å². The molecule has 0 radical (unpaired) electrons. The normalized spacial score (nSPS) is 23.3. The van der Waals surface area contributed by atoms with E-state index in [9.17, 15) is 23.1 Å². The lowest BCUT2D eigenvalue weighted by Crippen LogP contribution is -2.58. The summed E-state index contributed by atoms with van der Waals surface area (Å²) in [5, 5.41) is 10.8. The molecule has 208 valence electrons. The summed E-state index contributed by atoms with van der Waals surface area (Å²) in [5.41, 5.74) is 0.483. The van der Waals surface area contributed by atoms with Crippen LogP contribution in [0.1, 0.15) is 77.0 Å². The van der Waals surface area contributed by atoms with Gasteiger partial charge in [-0.15, -0.1) is 0 Å². The summed E-state index contributed by atoms with van der Waals surface area (Å²) < 4.78 is 27.5. The topological polar surface area (TPSA) is 104 Å². The van der Waals surface area contributed by atoms with Crippen LogP contribution < -0.4 is 4.72 Å². The number of carboxylic acid groups (broad SMARTS) is 1. The van der Waals surface area contributed by atoms with E-state index >= 15 is 0 Å². The number of piperidine rings is 1. The Balaban J connectivity index is 2.20. The Hall–Kier alpha value is -2.13. The van der Waals surface area contributed by atoms with Gasteiger partial charge in [0.15, 0.2) is 0 Å². The van der Waals surface area contributed by atoms with Crippen LogP contribution in [-0.4, -0.2) is 47.6 Å². The van der Waals surface area contributed by atoms with Crippen LogP contribution in [0.15, 0.2) is 48.5 Å². The number of nitrogens with zero attached hydrogens (tertiary/aromatic N) is 1. The van der Waals surface area contributed by atoms with E-state index in [1.54, 1.807) is 50.8 Å². The molecular formula is C28H36Cl2N2O5S. The Morgan fingerprint density at radius 2 is 1.76 bits per heavy atom. The fraction of sp³-hybridized carbons (Fsp3) is 0.500. The maximum absolute atomic E-state index is 14.2. The number of carbonyl (C=O) groups is 2. The number of sulfonamides is 1. The van der Waals surface area contributed by atoms with E-state index in [0.29, 0.717) is 16.5 Å². The summed E-state index contributed by atoms with van der Waals surface area (Å²) in [6, 6.07) is 13.6. The first-order valence-corrected chi connectivity index (χ1v) is 14.9. The van der Waals surface area contributed by atoms with Crippen molar-refractivity contribution in [3.63, 3.8) is 0 Å². The standard InChI is InChI=1S/C28H36Cl2N2O5S/c1-6-22(17-31-38(36,37)27(2,3)4)32-25(18-10-12-20(29)13-11-18)23(19-8-7-9-21(30)14-19)15-28(5,26(32)35)16-24(33)34/h7-14,22-23,25,31H,6,15-17H2,1-5H3,(H,33,34)/t22?,23?,25-,28-/m1/s1. The highest BCUT2D eigenvalue weighted by Gasteiger charge is 2.52. The lowest BCUT2D eigenvalue weighted by molar-refractivity contribution is -0.160. The van der Waals surface area contributed by atoms with Gasteiger partial charge in [0, 0.05) is 28.5 Å². The van der Waals surface area contributed by atoms with E-state index in [4.69, 9.17) is 23.2 Å². The van der Waals surface area contributed by atoms with E-state index < -0.39 is 38.2 Å². The van der Waals surface area contributed by atoms with Crippen molar-refractivity contribution in [2.75, 3.05) is 6.54 Å². The molecule has 0 aliphatic carbocycles. The average Bonchev–Trinajstić information content (AvgIpc) is 2.81. The molecule has 38 heavy (non-hydrogen) atoms. The van der Waals surface area contributed by atoms with Gasteiger partial charge in [0.25, 0.3) is 0 Å². The molecule has 10 heteroatoms. The van der Waals surface area contributed by atoms with Gasteiger partial charge in [0.05, 0.1) is 22.6 Å². The zero-order chi connectivity index (χ0) is 28.5. The Bertz CT molecular complexity index is 1280. The molecule has 1 aliphatic rings. The van der Waals surface area contributed by atoms with Crippen LogP contribution in [-0.2, 0) is 19.6 Å². The minimum absolute atomic E-state index is 0.00263. The first kappa shape index (κ1) is 30.4. The molecule has 1 fully saturated rings. The van der Waals surface area contributed by atoms with Gasteiger partial charge in [-0.1, -0.05) is 61.3 Å². The fourth-order valence-electron chi connectivity index (χ4n) is 5.14. The van der Waals surface area contributed by atoms with Crippen LogP contribution in [0.3, 0.4) is 0 Å². The van der Waals surface area contributed by atoms with Crippen molar-refractivity contribution in [3.8, 4) is 0 Å². The molecule has 1 aliphatic heterocycles. The number of amides is 1. The quantitative estimate of drug-likeness (QED) is 0.375. The maximum Gasteiger partial charge on any atom is 0.304 e. The Morgan fingerprint density at radius 3 is 2.29 bits per heavy atom. The van der Waals surface area contributed by atoms with Gasteiger partial charge in [-0.2, -0.15) is 0 Å². The second-order valence-electron chi connectivity index (χ2n) is 11.2. The molecule has 0 spiro atoms. The number of aliphatic carboxylic acids is 1. The summed E-state index contributed by atoms with van der Waals surface area (Å²) in [7, 11) is -3.68. The Morgan fingerprint density at radius 1 is 1.13 bits per heavy atom. The molecular weight excluding hydrogens is 547 g/mol. The van der Waals surface area contributed by atoms with Crippen LogP contribution in [0.5, 0.6) is 0 Å². The first-order chi connectivity index (χ1) is 17.6.